The number of nitriles is 1. The number of benzene rings is 1. The van der Waals surface area contributed by atoms with Crippen LogP contribution in [0, 0.1) is 18.3 Å². The van der Waals surface area contributed by atoms with E-state index in [1.807, 2.05) is 36.4 Å². The van der Waals surface area contributed by atoms with Crippen LogP contribution in [0.5, 0.6) is 5.88 Å². The lowest BCUT2D eigenvalue weighted by atomic mass is 10.0. The van der Waals surface area contributed by atoms with Crippen LogP contribution < -0.4 is 5.56 Å². The lowest BCUT2D eigenvalue weighted by Gasteiger charge is -2.21. The molecule has 2 heterocycles. The van der Waals surface area contributed by atoms with E-state index in [1.165, 1.54) is 16.4 Å². The number of hydrogen-bond donors (Lipinski definition) is 1. The fraction of sp³-hybridized carbons (Fsp3) is 0.292. The summed E-state index contributed by atoms with van der Waals surface area (Å²) in [6, 6.07) is 10.9. The number of carbonyl (C=O) groups excluding carboxylic acids is 2. The molecular formula is C24H21N3O4S2. The van der Waals surface area contributed by atoms with Crippen molar-refractivity contribution in [1.29, 1.82) is 5.26 Å². The van der Waals surface area contributed by atoms with Gasteiger partial charge in [-0.3, -0.25) is 23.9 Å². The van der Waals surface area contributed by atoms with Crippen LogP contribution in [0.3, 0.4) is 0 Å². The predicted octanol–water partition coefficient (Wildman–Crippen LogP) is 3.93. The Morgan fingerprint density at radius 2 is 1.94 bits per heavy atom. The van der Waals surface area contributed by atoms with E-state index in [-0.39, 0.29) is 33.6 Å². The zero-order valence-electron chi connectivity index (χ0n) is 17.9. The first kappa shape index (κ1) is 23.0. The molecule has 0 atom stereocenters. The lowest BCUT2D eigenvalue weighted by molar-refractivity contribution is -0.121. The first-order valence-corrected chi connectivity index (χ1v) is 11.8. The fourth-order valence-corrected chi connectivity index (χ4v) is 5.57. The SMILES string of the molecule is Cc1c(C(=O)CN2C(=O)/C(=C/c3ccccc3)SC2=S)c(O)n(C2CCCC2)c(=O)c1C#N. The second kappa shape index (κ2) is 9.33. The first-order chi connectivity index (χ1) is 15.8. The van der Waals surface area contributed by atoms with Gasteiger partial charge in [0.05, 0.1) is 17.0 Å². The van der Waals surface area contributed by atoms with Gasteiger partial charge < -0.3 is 5.11 Å². The molecule has 2 aliphatic rings. The number of aromatic nitrogens is 1. The van der Waals surface area contributed by atoms with Crippen molar-refractivity contribution in [3.63, 3.8) is 0 Å². The highest BCUT2D eigenvalue weighted by Gasteiger charge is 2.36. The number of nitrogens with zero attached hydrogens (tertiary/aromatic N) is 3. The molecule has 168 valence electrons. The Morgan fingerprint density at radius 3 is 2.58 bits per heavy atom. The van der Waals surface area contributed by atoms with Crippen molar-refractivity contribution in [2.75, 3.05) is 6.54 Å². The molecule has 0 unspecified atom stereocenters. The smallest absolute Gasteiger partial charge is 0.271 e. The maximum absolute atomic E-state index is 13.3. The Morgan fingerprint density at radius 1 is 1.27 bits per heavy atom. The van der Waals surface area contributed by atoms with E-state index >= 15 is 0 Å². The summed E-state index contributed by atoms with van der Waals surface area (Å²) in [7, 11) is 0. The van der Waals surface area contributed by atoms with Gasteiger partial charge in [-0.25, -0.2) is 0 Å². The molecule has 9 heteroatoms. The molecule has 1 aromatic heterocycles. The van der Waals surface area contributed by atoms with E-state index in [4.69, 9.17) is 12.2 Å². The molecule has 0 bridgehead atoms. The number of carbonyl (C=O) groups is 2. The summed E-state index contributed by atoms with van der Waals surface area (Å²) < 4.78 is 1.41. The highest BCUT2D eigenvalue weighted by Crippen LogP contribution is 2.36. The molecule has 1 aliphatic heterocycles. The topological polar surface area (TPSA) is 103 Å². The number of amides is 1. The second-order valence-corrected chi connectivity index (χ2v) is 9.70. The van der Waals surface area contributed by atoms with Gasteiger partial charge >= 0.3 is 0 Å². The quantitative estimate of drug-likeness (QED) is 0.394. The molecule has 4 rings (SSSR count). The number of pyridine rings is 1. The number of rotatable bonds is 5. The van der Waals surface area contributed by atoms with Gasteiger partial charge in [-0.2, -0.15) is 5.26 Å². The lowest BCUT2D eigenvalue weighted by Crippen LogP contribution is -2.35. The van der Waals surface area contributed by atoms with Crippen molar-refractivity contribution < 1.29 is 14.7 Å². The first-order valence-electron chi connectivity index (χ1n) is 10.5. The van der Waals surface area contributed by atoms with Gasteiger partial charge in [0.25, 0.3) is 11.5 Å². The van der Waals surface area contributed by atoms with Crippen molar-refractivity contribution in [3.8, 4) is 11.9 Å². The van der Waals surface area contributed by atoms with Crippen molar-refractivity contribution in [2.45, 2.75) is 38.6 Å². The molecule has 33 heavy (non-hydrogen) atoms. The average Bonchev–Trinajstić information content (AvgIpc) is 3.39. The predicted molar refractivity (Wildman–Crippen MR) is 130 cm³/mol. The van der Waals surface area contributed by atoms with Gasteiger partial charge in [0.2, 0.25) is 5.88 Å². The molecule has 0 radical (unpaired) electrons. The van der Waals surface area contributed by atoms with Crippen molar-refractivity contribution in [3.05, 3.63) is 67.8 Å². The number of ketones is 1. The number of hydrogen-bond acceptors (Lipinski definition) is 7. The monoisotopic (exact) mass is 479 g/mol. The summed E-state index contributed by atoms with van der Waals surface area (Å²) in [5.74, 6) is -1.42. The Bertz CT molecular complexity index is 1290. The van der Waals surface area contributed by atoms with Crippen LogP contribution in [0.2, 0.25) is 0 Å². The number of aromatic hydroxyl groups is 1. The van der Waals surface area contributed by atoms with Crippen molar-refractivity contribution in [2.24, 2.45) is 0 Å². The van der Waals surface area contributed by atoms with Crippen LogP contribution >= 0.6 is 24.0 Å². The van der Waals surface area contributed by atoms with Crippen LogP contribution in [-0.2, 0) is 4.79 Å². The summed E-state index contributed by atoms with van der Waals surface area (Å²) in [5.41, 5.74) is 0.0774. The molecule has 0 spiro atoms. The van der Waals surface area contributed by atoms with Gasteiger partial charge in [-0.1, -0.05) is 67.2 Å². The van der Waals surface area contributed by atoms with Gasteiger partial charge in [0, 0.05) is 6.04 Å². The van der Waals surface area contributed by atoms with E-state index in [0.717, 1.165) is 30.2 Å². The van der Waals surface area contributed by atoms with E-state index in [1.54, 1.807) is 6.08 Å². The second-order valence-electron chi connectivity index (χ2n) is 8.03. The summed E-state index contributed by atoms with van der Waals surface area (Å²) in [6.45, 7) is 1.07. The van der Waals surface area contributed by atoms with E-state index in [9.17, 15) is 24.8 Å². The Hall–Kier alpha value is -3.22. The normalized spacial score (nSPS) is 17.7. The molecule has 1 aromatic carbocycles. The van der Waals surface area contributed by atoms with Gasteiger partial charge in [0.15, 0.2) is 5.78 Å². The van der Waals surface area contributed by atoms with Gasteiger partial charge in [-0.15, -0.1) is 0 Å². The minimum Gasteiger partial charge on any atom is -0.494 e. The van der Waals surface area contributed by atoms with E-state index < -0.39 is 23.1 Å². The van der Waals surface area contributed by atoms with Crippen LogP contribution in [-0.4, -0.2) is 37.1 Å². The summed E-state index contributed by atoms with van der Waals surface area (Å²) >= 11 is 6.43. The standard InChI is InChI=1S/C24H21N3O4S2/c1-14-17(12-25)21(29)27(16-9-5-6-10-16)23(31)20(14)18(28)13-26-22(30)19(33-24(26)32)11-15-7-3-2-4-8-15/h2-4,7-8,11,16,31H,5-6,9-10,13H2,1H3/b19-11-. The Labute approximate surface area is 200 Å². The zero-order valence-corrected chi connectivity index (χ0v) is 19.5. The van der Waals surface area contributed by atoms with Crippen LogP contribution in [0.4, 0.5) is 0 Å². The summed E-state index contributed by atoms with van der Waals surface area (Å²) in [4.78, 5) is 40.6. The summed E-state index contributed by atoms with van der Waals surface area (Å²) in [6.07, 6.45) is 4.89. The minimum atomic E-state index is -0.590. The van der Waals surface area contributed by atoms with Gasteiger partial charge in [0.1, 0.15) is 16.0 Å². The Balaban J connectivity index is 1.68. The van der Waals surface area contributed by atoms with Crippen LogP contribution in [0.15, 0.2) is 40.0 Å². The van der Waals surface area contributed by atoms with Crippen molar-refractivity contribution in [1.82, 2.24) is 9.47 Å². The average molecular weight is 480 g/mol. The maximum atomic E-state index is 13.3. The van der Waals surface area contributed by atoms with Gasteiger partial charge in [-0.05, 0) is 37.0 Å². The molecule has 1 amide bonds. The fourth-order valence-electron chi connectivity index (χ4n) is 4.32. The molecule has 1 aliphatic carbocycles. The molecule has 7 nitrogen and oxygen atoms in total. The molecular weight excluding hydrogens is 458 g/mol. The molecule has 2 fully saturated rings. The van der Waals surface area contributed by atoms with E-state index in [2.05, 4.69) is 0 Å². The maximum Gasteiger partial charge on any atom is 0.271 e. The third-order valence-corrected chi connectivity index (χ3v) is 7.37. The minimum absolute atomic E-state index is 0.112. The highest BCUT2D eigenvalue weighted by molar-refractivity contribution is 8.26. The number of thiocarbonyl (C=S) groups is 1. The van der Waals surface area contributed by atoms with E-state index in [0.29, 0.717) is 17.7 Å². The molecule has 1 N–H and O–H groups in total. The third-order valence-electron chi connectivity index (χ3n) is 5.99. The van der Waals surface area contributed by atoms with Crippen LogP contribution in [0.25, 0.3) is 6.08 Å². The Kier molecular flexibility index (Phi) is 6.49. The zero-order chi connectivity index (χ0) is 23.7. The molecule has 2 aromatic rings. The largest absolute Gasteiger partial charge is 0.494 e. The number of Topliss-reactive ketones (excluding diaryl/α,β-unsaturated/α-hetero) is 1. The molecule has 1 saturated carbocycles. The third kappa shape index (κ3) is 4.24. The number of thioether (sulfide) groups is 1. The van der Waals surface area contributed by atoms with Crippen LogP contribution in [0.1, 0.15) is 58.8 Å². The molecule has 1 saturated heterocycles. The van der Waals surface area contributed by atoms with Crippen molar-refractivity contribution >= 4 is 46.1 Å². The summed E-state index contributed by atoms with van der Waals surface area (Å²) in [5, 5.41) is 20.5. The highest BCUT2D eigenvalue weighted by atomic mass is 32.2.